The van der Waals surface area contributed by atoms with Crippen molar-refractivity contribution in [3.8, 4) is 17.2 Å². The molecular weight excluding hydrogens is 584 g/mol. The summed E-state index contributed by atoms with van der Waals surface area (Å²) in [6.07, 6.45) is 13.1. The fraction of sp³-hybridized carbons (Fsp3) is 0.513. The van der Waals surface area contributed by atoms with Gasteiger partial charge in [-0.05, 0) is 134 Å². The minimum absolute atomic E-state index is 0. The Hall–Kier alpha value is -3.02. The highest BCUT2D eigenvalue weighted by atomic mass is 35.5. The second-order valence-electron chi connectivity index (χ2n) is 14.0. The van der Waals surface area contributed by atoms with Crippen molar-refractivity contribution in [2.24, 2.45) is 47.3 Å². The number of fused-ring (bicyclic) bond motifs is 10. The molecule has 45 heavy (non-hydrogen) atoms. The van der Waals surface area contributed by atoms with Gasteiger partial charge in [0.05, 0.1) is 0 Å². The van der Waals surface area contributed by atoms with Crippen LogP contribution in [-0.2, 0) is 10.2 Å². The van der Waals surface area contributed by atoms with Gasteiger partial charge >= 0.3 is 0 Å². The zero-order chi connectivity index (χ0) is 28.8. The van der Waals surface area contributed by atoms with Crippen LogP contribution < -0.4 is 0 Å². The monoisotopic (exact) mass is 634 g/mol. The number of phenols is 3. The molecule has 5 nitrogen and oxygen atoms in total. The van der Waals surface area contributed by atoms with Crippen molar-refractivity contribution in [3.05, 3.63) is 90.0 Å². The smallest absolute Gasteiger partial charge is 0.136 e. The molecule has 0 amide bonds. The number of Topliss-reactive ketones (excluding diaryl/α,β-unsaturated/α-hetero) is 1. The zero-order valence-electron chi connectivity index (χ0n) is 25.4. The van der Waals surface area contributed by atoms with Gasteiger partial charge in [-0.2, -0.15) is 0 Å². The van der Waals surface area contributed by atoms with Gasteiger partial charge in [-0.3, -0.25) is 4.79 Å². The van der Waals surface area contributed by atoms with Crippen molar-refractivity contribution in [1.82, 2.24) is 0 Å². The summed E-state index contributed by atoms with van der Waals surface area (Å²) in [5.41, 5.74) is 2.73. The number of hydrogen-bond donors (Lipinski definition) is 3. The van der Waals surface area contributed by atoms with E-state index in [0.717, 1.165) is 41.9 Å². The van der Waals surface area contributed by atoms with Gasteiger partial charge in [0.25, 0.3) is 0 Å². The van der Waals surface area contributed by atoms with E-state index in [1.165, 1.54) is 68.9 Å². The number of halogens is 1. The first-order chi connectivity index (χ1) is 20.4. The Labute approximate surface area is 274 Å². The van der Waals surface area contributed by atoms with Gasteiger partial charge in [0.1, 0.15) is 23.0 Å². The number of ketones is 1. The van der Waals surface area contributed by atoms with Crippen molar-refractivity contribution < 1.29 is 25.6 Å². The zero-order valence-corrected chi connectivity index (χ0v) is 26.2. The lowest BCUT2D eigenvalue weighted by atomic mass is 9.59. The third-order valence-electron chi connectivity index (χ3n) is 12.2. The number of carbonyl (C=O) groups is 1. The van der Waals surface area contributed by atoms with Crippen LogP contribution in [0.15, 0.2) is 78.9 Å². The quantitative estimate of drug-likeness (QED) is 0.263. The highest BCUT2D eigenvalue weighted by molar-refractivity contribution is 5.85. The molecule has 6 fully saturated rings. The molecule has 9 rings (SSSR count). The predicted octanol–water partition coefficient (Wildman–Crippen LogP) is 8.48. The summed E-state index contributed by atoms with van der Waals surface area (Å²) in [5, 5.41) is 28.1. The SMILES string of the molecule is C.Cl.O.O=C1CC2CC1C1CCCC21.Oc1ccc(C2(c3ccc(O)cc3)CC3CC2C2CCCC32)cc1.Oc1ccccc1. The van der Waals surface area contributed by atoms with Crippen LogP contribution in [0.1, 0.15) is 82.8 Å². The molecule has 0 heterocycles. The third-order valence-corrected chi connectivity index (χ3v) is 12.2. The third kappa shape index (κ3) is 6.23. The molecular formula is C39H51ClO5. The molecule has 3 aromatic carbocycles. The van der Waals surface area contributed by atoms with Gasteiger partial charge in [0, 0.05) is 17.8 Å². The Kier molecular flexibility index (Phi) is 11.0. The summed E-state index contributed by atoms with van der Waals surface area (Å²) in [4.78, 5) is 11.4. The Balaban J connectivity index is 0.000000182. The lowest BCUT2D eigenvalue weighted by Gasteiger charge is -2.44. The molecule has 0 aromatic heterocycles. The largest absolute Gasteiger partial charge is 0.508 e. The molecule has 0 aliphatic heterocycles. The Morgan fingerprint density at radius 2 is 1.09 bits per heavy atom. The predicted molar refractivity (Wildman–Crippen MR) is 182 cm³/mol. The van der Waals surface area contributed by atoms with E-state index in [1.54, 1.807) is 24.3 Å². The molecule has 0 radical (unpaired) electrons. The van der Waals surface area contributed by atoms with Crippen LogP contribution in [0.2, 0.25) is 0 Å². The molecule has 4 bridgehead atoms. The van der Waals surface area contributed by atoms with E-state index in [9.17, 15) is 15.0 Å². The lowest BCUT2D eigenvalue weighted by Crippen LogP contribution is -2.40. The fourth-order valence-electron chi connectivity index (χ4n) is 10.7. The van der Waals surface area contributed by atoms with Crippen molar-refractivity contribution in [1.29, 1.82) is 0 Å². The molecule has 5 N–H and O–H groups in total. The van der Waals surface area contributed by atoms with Crippen molar-refractivity contribution >= 4 is 18.2 Å². The number of aromatic hydroxyl groups is 3. The number of para-hydroxylation sites is 1. The van der Waals surface area contributed by atoms with Crippen LogP contribution in [0.3, 0.4) is 0 Å². The summed E-state index contributed by atoms with van der Waals surface area (Å²) in [5.74, 6) is 8.06. The topological polar surface area (TPSA) is 109 Å². The van der Waals surface area contributed by atoms with E-state index in [4.69, 9.17) is 5.11 Å². The molecule has 6 aliphatic carbocycles. The molecule has 6 aliphatic rings. The van der Waals surface area contributed by atoms with Crippen LogP contribution in [0.25, 0.3) is 0 Å². The molecule has 6 heteroatoms. The van der Waals surface area contributed by atoms with E-state index in [-0.39, 0.29) is 30.7 Å². The maximum absolute atomic E-state index is 11.4. The van der Waals surface area contributed by atoms with Gasteiger partial charge in [-0.25, -0.2) is 0 Å². The number of hydrogen-bond acceptors (Lipinski definition) is 4. The summed E-state index contributed by atoms with van der Waals surface area (Å²) in [6, 6.07) is 24.5. The molecule has 0 saturated heterocycles. The van der Waals surface area contributed by atoms with Gasteiger partial charge in [-0.15, -0.1) is 12.4 Å². The first-order valence-electron chi connectivity index (χ1n) is 16.3. The Morgan fingerprint density at radius 3 is 1.62 bits per heavy atom. The molecule has 8 unspecified atom stereocenters. The van der Waals surface area contributed by atoms with Gasteiger partial charge in [0.2, 0.25) is 0 Å². The molecule has 0 spiro atoms. The highest BCUT2D eigenvalue weighted by Gasteiger charge is 2.61. The van der Waals surface area contributed by atoms with Crippen LogP contribution in [0, 0.1) is 47.3 Å². The van der Waals surface area contributed by atoms with Crippen LogP contribution >= 0.6 is 12.4 Å². The normalized spacial score (nSPS) is 32.0. The number of phenolic OH excluding ortho intramolecular Hbond substituents is 3. The molecule has 244 valence electrons. The van der Waals surface area contributed by atoms with Gasteiger partial charge in [-0.1, -0.05) is 62.7 Å². The standard InChI is InChI=1S/C22H24O2.C10H14O.C6H6O.CH4.ClH.H2O/c23-17-8-4-15(5-9-17)22(16-6-10-18(24)11-7-16)13-14-12-21(22)20-3-1-2-19(14)20;11-10-5-6-4-9(10)8-3-1-2-7(6)8;7-6-4-2-1-3-5-6;;;/h4-11,14,19-21,23-24H,1-3,12-13H2;6-9H,1-5H2;1-5,7H;1H4;1H;1H2. The van der Waals surface area contributed by atoms with Crippen LogP contribution in [-0.4, -0.2) is 26.6 Å². The van der Waals surface area contributed by atoms with Crippen LogP contribution in [0.4, 0.5) is 0 Å². The average Bonchev–Trinajstić information content (AvgIpc) is 3.83. The number of rotatable bonds is 2. The average molecular weight is 635 g/mol. The van der Waals surface area contributed by atoms with Crippen molar-refractivity contribution in [2.75, 3.05) is 0 Å². The summed E-state index contributed by atoms with van der Waals surface area (Å²) in [6.45, 7) is 0. The highest BCUT2D eigenvalue weighted by Crippen LogP contribution is 2.68. The van der Waals surface area contributed by atoms with E-state index in [2.05, 4.69) is 24.3 Å². The van der Waals surface area contributed by atoms with Crippen molar-refractivity contribution in [2.45, 2.75) is 77.0 Å². The van der Waals surface area contributed by atoms with Gasteiger partial charge in [0.15, 0.2) is 0 Å². The van der Waals surface area contributed by atoms with E-state index < -0.39 is 0 Å². The first kappa shape index (κ1) is 34.8. The van der Waals surface area contributed by atoms with Gasteiger partial charge < -0.3 is 20.8 Å². The maximum Gasteiger partial charge on any atom is 0.136 e. The maximum atomic E-state index is 11.4. The molecule has 6 saturated carbocycles. The fourth-order valence-corrected chi connectivity index (χ4v) is 10.7. The second kappa shape index (κ2) is 14.2. The van der Waals surface area contributed by atoms with E-state index in [0.29, 0.717) is 34.9 Å². The second-order valence-corrected chi connectivity index (χ2v) is 14.0. The molecule has 8 atom stereocenters. The summed E-state index contributed by atoms with van der Waals surface area (Å²) < 4.78 is 0. The van der Waals surface area contributed by atoms with Crippen LogP contribution in [0.5, 0.6) is 17.2 Å². The molecule has 3 aromatic rings. The summed E-state index contributed by atoms with van der Waals surface area (Å²) in [7, 11) is 0. The lowest BCUT2D eigenvalue weighted by molar-refractivity contribution is -0.123. The van der Waals surface area contributed by atoms with E-state index >= 15 is 0 Å². The minimum atomic E-state index is 0. The first-order valence-corrected chi connectivity index (χ1v) is 16.3. The minimum Gasteiger partial charge on any atom is -0.508 e. The van der Waals surface area contributed by atoms with E-state index in [1.807, 2.05) is 30.3 Å². The number of carbonyl (C=O) groups excluding carboxylic acids is 1. The Bertz CT molecular complexity index is 1350. The Morgan fingerprint density at radius 1 is 0.600 bits per heavy atom. The summed E-state index contributed by atoms with van der Waals surface area (Å²) >= 11 is 0. The number of benzene rings is 3. The van der Waals surface area contributed by atoms with Crippen molar-refractivity contribution in [3.63, 3.8) is 0 Å².